The van der Waals surface area contributed by atoms with Gasteiger partial charge in [-0.25, -0.2) is 0 Å². The standard InChI is InChI=1S/C18H20Cl2N2O2/c1-22(11-14-9-15(19)7-8-17(14)24-2)12-18(23)21-10-13-5-3-4-6-16(13)20/h3-9H,10-12H2,1-2H3,(H,21,23)/p+1. The van der Waals surface area contributed by atoms with Crippen molar-refractivity contribution in [3.8, 4) is 5.75 Å². The molecule has 0 fully saturated rings. The van der Waals surface area contributed by atoms with E-state index in [1.807, 2.05) is 43.4 Å². The summed E-state index contributed by atoms with van der Waals surface area (Å²) in [7, 11) is 3.58. The van der Waals surface area contributed by atoms with Gasteiger partial charge in [0.2, 0.25) is 0 Å². The highest BCUT2D eigenvalue weighted by molar-refractivity contribution is 6.31. The summed E-state index contributed by atoms with van der Waals surface area (Å²) in [5.74, 6) is 0.739. The summed E-state index contributed by atoms with van der Waals surface area (Å²) in [5.41, 5.74) is 1.88. The molecule has 2 N–H and O–H groups in total. The van der Waals surface area contributed by atoms with Gasteiger partial charge in [0.15, 0.2) is 6.54 Å². The quantitative estimate of drug-likeness (QED) is 0.788. The number of carbonyl (C=O) groups excluding carboxylic acids is 1. The van der Waals surface area contributed by atoms with Gasteiger partial charge in [-0.3, -0.25) is 4.79 Å². The average Bonchev–Trinajstić information content (AvgIpc) is 2.54. The third-order valence-electron chi connectivity index (χ3n) is 3.63. The molecule has 0 radical (unpaired) electrons. The number of rotatable bonds is 7. The molecule has 0 saturated carbocycles. The highest BCUT2D eigenvalue weighted by atomic mass is 35.5. The molecule has 2 aromatic rings. The summed E-state index contributed by atoms with van der Waals surface area (Å²) < 4.78 is 5.34. The molecule has 2 rings (SSSR count). The fourth-order valence-corrected chi connectivity index (χ4v) is 2.84. The van der Waals surface area contributed by atoms with Crippen LogP contribution in [0.3, 0.4) is 0 Å². The number of quaternary nitrogens is 1. The summed E-state index contributed by atoms with van der Waals surface area (Å²) in [6.07, 6.45) is 0. The summed E-state index contributed by atoms with van der Waals surface area (Å²) in [5, 5.41) is 4.20. The Kier molecular flexibility index (Phi) is 6.91. The minimum absolute atomic E-state index is 0.0339. The molecule has 128 valence electrons. The molecule has 0 aliphatic heterocycles. The van der Waals surface area contributed by atoms with E-state index in [1.165, 1.54) is 0 Å². The first-order valence-corrected chi connectivity index (χ1v) is 8.39. The van der Waals surface area contributed by atoms with Crippen LogP contribution in [-0.4, -0.2) is 26.6 Å². The van der Waals surface area contributed by atoms with Crippen LogP contribution in [0.15, 0.2) is 42.5 Å². The zero-order chi connectivity index (χ0) is 17.5. The Morgan fingerprint density at radius 1 is 1.17 bits per heavy atom. The molecular weight excluding hydrogens is 347 g/mol. The molecule has 1 atom stereocenters. The van der Waals surface area contributed by atoms with Gasteiger partial charge in [-0.2, -0.15) is 0 Å². The van der Waals surface area contributed by atoms with E-state index >= 15 is 0 Å². The predicted molar refractivity (Wildman–Crippen MR) is 96.8 cm³/mol. The number of hydrogen-bond donors (Lipinski definition) is 2. The zero-order valence-corrected chi connectivity index (χ0v) is 15.2. The largest absolute Gasteiger partial charge is 0.496 e. The van der Waals surface area contributed by atoms with E-state index in [0.29, 0.717) is 29.7 Å². The molecule has 0 aliphatic carbocycles. The molecule has 0 spiro atoms. The van der Waals surface area contributed by atoms with Gasteiger partial charge >= 0.3 is 0 Å². The molecule has 1 unspecified atom stereocenters. The molecular formula is C18H21Cl2N2O2+. The number of ether oxygens (including phenoxy) is 1. The Labute approximate surface area is 152 Å². The van der Waals surface area contributed by atoms with Crippen molar-refractivity contribution < 1.29 is 14.4 Å². The Hall–Kier alpha value is -1.75. The van der Waals surface area contributed by atoms with Crippen molar-refractivity contribution in [1.29, 1.82) is 0 Å². The van der Waals surface area contributed by atoms with Crippen LogP contribution in [0.2, 0.25) is 10.0 Å². The van der Waals surface area contributed by atoms with Gasteiger partial charge in [-0.15, -0.1) is 0 Å². The van der Waals surface area contributed by atoms with Gasteiger partial charge < -0.3 is 15.0 Å². The minimum atomic E-state index is -0.0339. The van der Waals surface area contributed by atoms with Gasteiger partial charge in [-0.1, -0.05) is 41.4 Å². The lowest BCUT2D eigenvalue weighted by atomic mass is 10.2. The molecule has 0 aliphatic rings. The zero-order valence-electron chi connectivity index (χ0n) is 13.7. The summed E-state index contributed by atoms with van der Waals surface area (Å²) >= 11 is 12.1. The molecule has 0 bridgehead atoms. The fraction of sp³-hybridized carbons (Fsp3) is 0.278. The Morgan fingerprint density at radius 2 is 1.92 bits per heavy atom. The Morgan fingerprint density at radius 3 is 2.62 bits per heavy atom. The second-order valence-corrected chi connectivity index (χ2v) is 6.48. The second kappa shape index (κ2) is 8.92. The molecule has 0 aromatic heterocycles. The van der Waals surface area contributed by atoms with E-state index in [2.05, 4.69) is 5.32 Å². The lowest BCUT2D eigenvalue weighted by molar-refractivity contribution is -0.885. The third-order valence-corrected chi connectivity index (χ3v) is 4.23. The van der Waals surface area contributed by atoms with Crippen molar-refractivity contribution in [3.63, 3.8) is 0 Å². The Balaban J connectivity index is 1.88. The van der Waals surface area contributed by atoms with Gasteiger partial charge in [0.25, 0.3) is 5.91 Å². The Bertz CT molecular complexity index is 707. The van der Waals surface area contributed by atoms with Crippen molar-refractivity contribution in [2.24, 2.45) is 0 Å². The smallest absolute Gasteiger partial charge is 0.275 e. The number of likely N-dealkylation sites (N-methyl/N-ethyl adjacent to an activating group) is 1. The van der Waals surface area contributed by atoms with Crippen LogP contribution in [0.1, 0.15) is 11.1 Å². The van der Waals surface area contributed by atoms with Crippen LogP contribution in [0.5, 0.6) is 5.75 Å². The van der Waals surface area contributed by atoms with Crippen molar-refractivity contribution in [2.75, 3.05) is 20.7 Å². The first kappa shape index (κ1) is 18.6. The van der Waals surface area contributed by atoms with Gasteiger partial charge in [0.1, 0.15) is 12.3 Å². The van der Waals surface area contributed by atoms with E-state index in [1.54, 1.807) is 13.2 Å². The first-order valence-electron chi connectivity index (χ1n) is 7.63. The molecule has 1 amide bonds. The number of methoxy groups -OCH3 is 1. The maximum atomic E-state index is 12.1. The number of benzene rings is 2. The SMILES string of the molecule is COc1ccc(Cl)cc1C[NH+](C)CC(=O)NCc1ccccc1Cl. The highest BCUT2D eigenvalue weighted by Gasteiger charge is 2.14. The lowest BCUT2D eigenvalue weighted by Gasteiger charge is -2.16. The van der Waals surface area contributed by atoms with Gasteiger partial charge in [-0.05, 0) is 29.8 Å². The number of halogens is 2. The molecule has 24 heavy (non-hydrogen) atoms. The molecule has 4 nitrogen and oxygen atoms in total. The van der Waals surface area contributed by atoms with E-state index in [4.69, 9.17) is 27.9 Å². The number of amides is 1. The van der Waals surface area contributed by atoms with Gasteiger partial charge in [0.05, 0.1) is 14.2 Å². The van der Waals surface area contributed by atoms with E-state index in [-0.39, 0.29) is 5.91 Å². The third kappa shape index (κ3) is 5.41. The lowest BCUT2D eigenvalue weighted by Crippen LogP contribution is -3.08. The maximum Gasteiger partial charge on any atom is 0.275 e. The van der Waals surface area contributed by atoms with E-state index < -0.39 is 0 Å². The highest BCUT2D eigenvalue weighted by Crippen LogP contribution is 2.21. The average molecular weight is 368 g/mol. The van der Waals surface area contributed by atoms with Crippen LogP contribution in [0, 0.1) is 0 Å². The molecule has 2 aromatic carbocycles. The maximum absolute atomic E-state index is 12.1. The number of carbonyl (C=O) groups is 1. The summed E-state index contributed by atoms with van der Waals surface area (Å²) in [4.78, 5) is 13.2. The van der Waals surface area contributed by atoms with Crippen LogP contribution in [0.4, 0.5) is 0 Å². The topological polar surface area (TPSA) is 42.8 Å². The van der Waals surface area contributed by atoms with Crippen molar-refractivity contribution >= 4 is 29.1 Å². The number of nitrogens with one attached hydrogen (secondary N) is 2. The van der Waals surface area contributed by atoms with Crippen molar-refractivity contribution in [3.05, 3.63) is 63.6 Å². The van der Waals surface area contributed by atoms with Crippen LogP contribution < -0.4 is 15.0 Å². The summed E-state index contributed by atoms with van der Waals surface area (Å²) in [6, 6.07) is 13.0. The molecule has 0 heterocycles. The van der Waals surface area contributed by atoms with Gasteiger partial charge in [0, 0.05) is 22.2 Å². The second-order valence-electron chi connectivity index (χ2n) is 5.63. The predicted octanol–water partition coefficient (Wildman–Crippen LogP) is 2.33. The van der Waals surface area contributed by atoms with E-state index in [9.17, 15) is 4.79 Å². The van der Waals surface area contributed by atoms with Crippen molar-refractivity contribution in [2.45, 2.75) is 13.1 Å². The first-order chi connectivity index (χ1) is 11.5. The minimum Gasteiger partial charge on any atom is -0.496 e. The summed E-state index contributed by atoms with van der Waals surface area (Å²) in [6.45, 7) is 1.41. The van der Waals surface area contributed by atoms with Crippen LogP contribution in [0.25, 0.3) is 0 Å². The number of hydrogen-bond acceptors (Lipinski definition) is 2. The molecule has 0 saturated heterocycles. The van der Waals surface area contributed by atoms with Crippen LogP contribution >= 0.6 is 23.2 Å². The monoisotopic (exact) mass is 367 g/mol. The normalized spacial score (nSPS) is 11.8. The van der Waals surface area contributed by atoms with Crippen LogP contribution in [-0.2, 0) is 17.9 Å². The van der Waals surface area contributed by atoms with E-state index in [0.717, 1.165) is 21.8 Å². The molecule has 6 heteroatoms. The van der Waals surface area contributed by atoms with Crippen molar-refractivity contribution in [1.82, 2.24) is 5.32 Å². The fourth-order valence-electron chi connectivity index (χ4n) is 2.45.